The number of hydrogen-bond acceptors (Lipinski definition) is 3. The van der Waals surface area contributed by atoms with Crippen molar-refractivity contribution < 1.29 is 22.8 Å². The number of carbonyl (C=O) groups is 2. The minimum absolute atomic E-state index is 0.0166. The molecule has 1 aliphatic heterocycles. The Labute approximate surface area is 167 Å². The molecule has 0 aromatic heterocycles. The molecule has 1 heterocycles. The van der Waals surface area contributed by atoms with Crippen LogP contribution in [0.2, 0.25) is 0 Å². The summed E-state index contributed by atoms with van der Waals surface area (Å²) in [7, 11) is 0. The van der Waals surface area contributed by atoms with E-state index in [1.54, 1.807) is 22.8 Å². The van der Waals surface area contributed by atoms with Gasteiger partial charge in [-0.25, -0.2) is 0 Å². The van der Waals surface area contributed by atoms with E-state index in [-0.39, 0.29) is 29.0 Å². The molecule has 0 spiro atoms. The first-order chi connectivity index (χ1) is 13.1. The van der Waals surface area contributed by atoms with Crippen LogP contribution >= 0.6 is 11.8 Å². The highest BCUT2D eigenvalue weighted by Gasteiger charge is 2.41. The second-order valence-electron chi connectivity index (χ2n) is 7.69. The van der Waals surface area contributed by atoms with Gasteiger partial charge in [-0.1, -0.05) is 12.1 Å². The Morgan fingerprint density at radius 3 is 2.57 bits per heavy atom. The molecule has 0 unspecified atom stereocenters. The van der Waals surface area contributed by atoms with Gasteiger partial charge in [-0.2, -0.15) is 13.2 Å². The number of hydrogen-bond donors (Lipinski definition) is 0. The van der Waals surface area contributed by atoms with Gasteiger partial charge in [0.2, 0.25) is 11.8 Å². The van der Waals surface area contributed by atoms with Crippen molar-refractivity contribution >= 4 is 23.6 Å². The van der Waals surface area contributed by atoms with Gasteiger partial charge in [-0.05, 0) is 51.3 Å². The van der Waals surface area contributed by atoms with Gasteiger partial charge in [0.15, 0.2) is 0 Å². The van der Waals surface area contributed by atoms with Crippen LogP contribution in [0.25, 0.3) is 0 Å². The molecule has 1 saturated carbocycles. The molecule has 28 heavy (non-hydrogen) atoms. The highest BCUT2D eigenvalue weighted by atomic mass is 32.2. The summed E-state index contributed by atoms with van der Waals surface area (Å²) in [5.41, 5.74) is -0.257. The zero-order valence-electron chi connectivity index (χ0n) is 16.2. The van der Waals surface area contributed by atoms with Crippen LogP contribution in [0.3, 0.4) is 0 Å². The third kappa shape index (κ3) is 4.47. The highest BCUT2D eigenvalue weighted by molar-refractivity contribution is 8.01. The second-order valence-corrected chi connectivity index (χ2v) is 9.11. The predicted octanol–water partition coefficient (Wildman–Crippen LogP) is 4.31. The maximum Gasteiger partial charge on any atom is 0.416 e. The number of thioether (sulfide) groups is 1. The van der Waals surface area contributed by atoms with Crippen LogP contribution in [-0.2, 0) is 15.8 Å². The summed E-state index contributed by atoms with van der Waals surface area (Å²) in [6.45, 7) is 6.35. The number of nitrogens with zero attached hydrogens (tertiary/aromatic N) is 2. The maximum atomic E-state index is 13.1. The summed E-state index contributed by atoms with van der Waals surface area (Å²) in [5, 5.41) is -0.805. The van der Waals surface area contributed by atoms with E-state index in [0.717, 1.165) is 25.0 Å². The van der Waals surface area contributed by atoms with Gasteiger partial charge in [0.1, 0.15) is 5.37 Å². The van der Waals surface area contributed by atoms with Crippen LogP contribution in [0.5, 0.6) is 0 Å². The fourth-order valence-corrected chi connectivity index (χ4v) is 4.73. The molecular weight excluding hydrogens is 389 g/mol. The van der Waals surface area contributed by atoms with Crippen molar-refractivity contribution in [2.75, 3.05) is 13.1 Å². The first kappa shape index (κ1) is 21.0. The maximum absolute atomic E-state index is 13.1. The summed E-state index contributed by atoms with van der Waals surface area (Å²) in [5.74, 6) is 0.0946. The van der Waals surface area contributed by atoms with Crippen molar-refractivity contribution in [2.24, 2.45) is 5.92 Å². The van der Waals surface area contributed by atoms with Gasteiger partial charge in [-0.15, -0.1) is 11.8 Å². The molecule has 2 amide bonds. The number of halogens is 3. The molecule has 0 N–H and O–H groups in total. The van der Waals surface area contributed by atoms with Gasteiger partial charge in [0.05, 0.1) is 10.8 Å². The fraction of sp³-hybridized carbons (Fsp3) is 0.600. The van der Waals surface area contributed by atoms with Crippen LogP contribution in [0.1, 0.15) is 50.1 Å². The zero-order valence-corrected chi connectivity index (χ0v) is 17.0. The molecule has 4 nitrogen and oxygen atoms in total. The van der Waals surface area contributed by atoms with Gasteiger partial charge >= 0.3 is 6.18 Å². The molecule has 154 valence electrons. The van der Waals surface area contributed by atoms with E-state index in [9.17, 15) is 22.8 Å². The highest BCUT2D eigenvalue weighted by Crippen LogP contribution is 2.44. The average Bonchev–Trinajstić information content (AvgIpc) is 3.43. The number of amides is 2. The number of alkyl halides is 3. The Balaban J connectivity index is 1.78. The van der Waals surface area contributed by atoms with Crippen LogP contribution in [0.4, 0.5) is 13.2 Å². The molecule has 2 aliphatic rings. The molecule has 1 aromatic carbocycles. The third-order valence-electron chi connectivity index (χ3n) is 5.16. The van der Waals surface area contributed by atoms with Gasteiger partial charge in [0, 0.05) is 25.0 Å². The number of carbonyl (C=O) groups excluding carboxylic acids is 2. The van der Waals surface area contributed by atoms with Gasteiger partial charge < -0.3 is 9.80 Å². The van der Waals surface area contributed by atoms with E-state index in [0.29, 0.717) is 18.7 Å². The van der Waals surface area contributed by atoms with Crippen molar-refractivity contribution in [3.05, 3.63) is 35.4 Å². The van der Waals surface area contributed by atoms with Crippen LogP contribution in [-0.4, -0.2) is 46.0 Å². The Morgan fingerprint density at radius 2 is 2.00 bits per heavy atom. The lowest BCUT2D eigenvalue weighted by atomic mass is 10.1. The molecule has 1 aromatic rings. The van der Waals surface area contributed by atoms with E-state index >= 15 is 0 Å². The molecule has 8 heteroatoms. The quantitative estimate of drug-likeness (QED) is 0.696. The van der Waals surface area contributed by atoms with Crippen LogP contribution < -0.4 is 0 Å². The lowest BCUT2D eigenvalue weighted by Gasteiger charge is -2.31. The van der Waals surface area contributed by atoms with E-state index in [1.165, 1.54) is 17.8 Å². The topological polar surface area (TPSA) is 40.6 Å². The lowest BCUT2D eigenvalue weighted by molar-refractivity contribution is -0.138. The van der Waals surface area contributed by atoms with Crippen molar-refractivity contribution in [3.63, 3.8) is 0 Å². The average molecular weight is 414 g/mol. The SMILES string of the molecule is CC(C)N(CCN1C(=O)[C@@H](C)S[C@@H]1c1cccc(C(F)(F)F)c1)C(=O)C1CC1. The monoisotopic (exact) mass is 414 g/mol. The van der Waals surface area contributed by atoms with Crippen molar-refractivity contribution in [3.8, 4) is 0 Å². The molecule has 2 fully saturated rings. The minimum Gasteiger partial charge on any atom is -0.338 e. The molecule has 0 bridgehead atoms. The molecule has 0 radical (unpaired) electrons. The molecule has 1 saturated heterocycles. The number of rotatable bonds is 6. The van der Waals surface area contributed by atoms with E-state index in [2.05, 4.69) is 0 Å². The van der Waals surface area contributed by atoms with Gasteiger partial charge in [-0.3, -0.25) is 9.59 Å². The van der Waals surface area contributed by atoms with Crippen molar-refractivity contribution in [1.82, 2.24) is 9.80 Å². The Morgan fingerprint density at radius 1 is 1.32 bits per heavy atom. The molecule has 1 aliphatic carbocycles. The Hall–Kier alpha value is -1.70. The van der Waals surface area contributed by atoms with Crippen LogP contribution in [0, 0.1) is 5.92 Å². The van der Waals surface area contributed by atoms with Gasteiger partial charge in [0.25, 0.3) is 0 Å². The summed E-state index contributed by atoms with van der Waals surface area (Å²) in [4.78, 5) is 28.5. The largest absolute Gasteiger partial charge is 0.416 e. The summed E-state index contributed by atoms with van der Waals surface area (Å²) < 4.78 is 39.3. The Kier molecular flexibility index (Phi) is 5.98. The van der Waals surface area contributed by atoms with E-state index in [1.807, 2.05) is 13.8 Å². The first-order valence-corrected chi connectivity index (χ1v) is 10.5. The van der Waals surface area contributed by atoms with E-state index in [4.69, 9.17) is 0 Å². The predicted molar refractivity (Wildman–Crippen MR) is 103 cm³/mol. The molecule has 3 rings (SSSR count). The molecule has 2 atom stereocenters. The van der Waals surface area contributed by atoms with Crippen molar-refractivity contribution in [2.45, 2.75) is 56.5 Å². The zero-order chi connectivity index (χ0) is 20.6. The van der Waals surface area contributed by atoms with Crippen molar-refractivity contribution in [1.29, 1.82) is 0 Å². The normalized spacial score (nSPS) is 22.8. The van der Waals surface area contributed by atoms with Crippen LogP contribution in [0.15, 0.2) is 24.3 Å². The summed E-state index contributed by atoms with van der Waals surface area (Å²) in [6.07, 6.45) is -2.61. The second kappa shape index (κ2) is 7.97. The molecular formula is C20H25F3N2O2S. The number of benzene rings is 1. The Bertz CT molecular complexity index is 749. The minimum atomic E-state index is -4.43. The standard InChI is InChI=1S/C20H25F3N2O2S/c1-12(2)24(18(27)14-7-8-14)9-10-25-17(26)13(3)28-19(25)15-5-4-6-16(11-15)20(21,22)23/h4-6,11-14,19H,7-10H2,1-3H3/t13-,19-/m1/s1. The smallest absolute Gasteiger partial charge is 0.338 e. The third-order valence-corrected chi connectivity index (χ3v) is 6.56. The lowest BCUT2D eigenvalue weighted by Crippen LogP contribution is -2.44. The first-order valence-electron chi connectivity index (χ1n) is 9.53. The van der Waals surface area contributed by atoms with E-state index < -0.39 is 17.1 Å². The fourth-order valence-electron chi connectivity index (χ4n) is 3.43. The summed E-state index contributed by atoms with van der Waals surface area (Å²) in [6, 6.07) is 5.17. The summed E-state index contributed by atoms with van der Waals surface area (Å²) >= 11 is 1.35.